The Kier molecular flexibility index (Phi) is 12.5. The fourth-order valence-corrected chi connectivity index (χ4v) is 9.96. The second-order valence-electron chi connectivity index (χ2n) is 19.4. The lowest BCUT2D eigenvalue weighted by Crippen LogP contribution is -2.00. The zero-order chi connectivity index (χ0) is 47.8. The van der Waals surface area contributed by atoms with Gasteiger partial charge < -0.3 is 9.47 Å². The second kappa shape index (κ2) is 19.1. The molecule has 10 rings (SSSR count). The van der Waals surface area contributed by atoms with Gasteiger partial charge in [-0.2, -0.15) is 0 Å². The van der Waals surface area contributed by atoms with Gasteiger partial charge in [0.1, 0.15) is 23.0 Å². The topological polar surface area (TPSA) is 49.2 Å². The van der Waals surface area contributed by atoms with Gasteiger partial charge in [-0.1, -0.05) is 152 Å². The molecule has 0 radical (unpaired) electrons. The van der Waals surface area contributed by atoms with Gasteiger partial charge in [-0.25, -0.2) is 9.97 Å². The summed E-state index contributed by atoms with van der Waals surface area (Å²) in [7, 11) is 0. The van der Waals surface area contributed by atoms with Crippen LogP contribution < -0.4 is 9.47 Å². The van der Waals surface area contributed by atoms with Crippen LogP contribution in [0.2, 0.25) is 0 Å². The van der Waals surface area contributed by atoms with Crippen molar-refractivity contribution < 1.29 is 9.47 Å². The van der Waals surface area contributed by atoms with Crippen molar-refractivity contribution in [2.45, 2.75) is 79.1 Å². The molecule has 0 atom stereocenters. The van der Waals surface area contributed by atoms with Gasteiger partial charge in [0.2, 0.25) is 5.95 Å². The maximum Gasteiger partial charge on any atom is 0.234 e. The average Bonchev–Trinajstić information content (AvgIpc) is 3.69. The predicted molar refractivity (Wildman–Crippen MR) is 288 cm³/mol. The van der Waals surface area contributed by atoms with Crippen LogP contribution in [0.25, 0.3) is 72.3 Å². The molecule has 0 spiro atoms. The highest BCUT2D eigenvalue weighted by Gasteiger charge is 2.20. The van der Waals surface area contributed by atoms with Crippen LogP contribution in [0.1, 0.15) is 101 Å². The van der Waals surface area contributed by atoms with E-state index in [9.17, 15) is 0 Å². The lowest BCUT2D eigenvalue weighted by Gasteiger charge is -2.20. The van der Waals surface area contributed by atoms with Crippen molar-refractivity contribution in [2.24, 2.45) is 0 Å². The molecule has 0 fully saturated rings. The molecule has 0 saturated carbocycles. The Hall–Kier alpha value is -7.76. The van der Waals surface area contributed by atoms with Crippen LogP contribution in [0, 0.1) is 0 Å². The molecule has 0 bridgehead atoms. The Morgan fingerprint density at radius 1 is 0.333 bits per heavy atom. The first-order valence-electron chi connectivity index (χ1n) is 24.4. The Labute approximate surface area is 407 Å². The van der Waals surface area contributed by atoms with Gasteiger partial charge in [0.25, 0.3) is 0 Å². The zero-order valence-corrected chi connectivity index (χ0v) is 40.9. The van der Waals surface area contributed by atoms with Gasteiger partial charge in [0.15, 0.2) is 0 Å². The quantitative estimate of drug-likeness (QED) is 0.116. The smallest absolute Gasteiger partial charge is 0.234 e. The van der Waals surface area contributed by atoms with Crippen molar-refractivity contribution in [3.63, 3.8) is 0 Å². The molecule has 0 amide bonds. The van der Waals surface area contributed by atoms with Crippen LogP contribution in [-0.4, -0.2) is 14.5 Å². The summed E-state index contributed by atoms with van der Waals surface area (Å²) in [5, 5.41) is 2.12. The van der Waals surface area contributed by atoms with E-state index in [0.29, 0.717) is 41.1 Å². The lowest BCUT2D eigenvalue weighted by molar-refractivity contribution is 0.483. The third-order valence-electron chi connectivity index (χ3n) is 13.3. The van der Waals surface area contributed by atoms with E-state index in [4.69, 9.17) is 19.4 Å². The summed E-state index contributed by atoms with van der Waals surface area (Å²) in [5.74, 6) is 5.15. The van der Waals surface area contributed by atoms with E-state index in [1.165, 1.54) is 44.5 Å². The average molecular weight is 902 g/mol. The third-order valence-corrected chi connectivity index (χ3v) is 13.3. The van der Waals surface area contributed by atoms with Crippen LogP contribution in [0.3, 0.4) is 0 Å². The van der Waals surface area contributed by atoms with Gasteiger partial charge in [-0.05, 0) is 157 Å². The van der Waals surface area contributed by atoms with E-state index in [0.717, 1.165) is 55.6 Å². The minimum Gasteiger partial charge on any atom is -0.457 e. The first kappa shape index (κ1) is 45.0. The Morgan fingerprint density at radius 2 is 0.667 bits per heavy atom. The van der Waals surface area contributed by atoms with Crippen LogP contribution in [0.5, 0.6) is 23.0 Å². The van der Waals surface area contributed by atoms with E-state index in [2.05, 4.69) is 206 Å². The largest absolute Gasteiger partial charge is 0.457 e. The van der Waals surface area contributed by atoms with Crippen LogP contribution in [0.15, 0.2) is 188 Å². The Morgan fingerprint density at radius 3 is 1.06 bits per heavy atom. The molecular formula is C64H59N3O2. The highest BCUT2D eigenvalue weighted by Crippen LogP contribution is 2.42. The first-order chi connectivity index (χ1) is 33.5. The highest BCUT2D eigenvalue weighted by atomic mass is 16.5. The van der Waals surface area contributed by atoms with E-state index in [-0.39, 0.29) is 0 Å². The van der Waals surface area contributed by atoms with Crippen molar-refractivity contribution in [1.82, 2.24) is 14.5 Å². The van der Waals surface area contributed by atoms with Gasteiger partial charge >= 0.3 is 0 Å². The fraction of sp³-hybridized carbons (Fsp3) is 0.188. The molecule has 8 aromatic carbocycles. The number of ether oxygens (including phenoxy) is 2. The number of hydrogen-bond donors (Lipinski definition) is 0. The highest BCUT2D eigenvalue weighted by molar-refractivity contribution is 6.09. The summed E-state index contributed by atoms with van der Waals surface area (Å²) < 4.78 is 15.5. The number of fused-ring (bicyclic) bond motifs is 3. The maximum absolute atomic E-state index is 6.69. The Bertz CT molecular complexity index is 3210. The lowest BCUT2D eigenvalue weighted by atomic mass is 9.84. The van der Waals surface area contributed by atoms with Gasteiger partial charge in [0.05, 0.1) is 11.0 Å². The molecule has 5 heteroatoms. The number of hydrogen-bond acceptors (Lipinski definition) is 4. The van der Waals surface area contributed by atoms with Crippen LogP contribution >= 0.6 is 0 Å². The molecule has 2 aromatic heterocycles. The maximum atomic E-state index is 6.69. The van der Waals surface area contributed by atoms with Crippen molar-refractivity contribution in [3.05, 3.63) is 211 Å². The van der Waals surface area contributed by atoms with Crippen LogP contribution in [-0.2, 0) is 0 Å². The van der Waals surface area contributed by atoms with Crippen LogP contribution in [0.4, 0.5) is 0 Å². The summed E-state index contributed by atoms with van der Waals surface area (Å²) >= 11 is 0. The molecule has 0 aliphatic heterocycles. The predicted octanol–water partition coefficient (Wildman–Crippen LogP) is 18.3. The molecule has 0 saturated heterocycles. The summed E-state index contributed by atoms with van der Waals surface area (Å²) in [6, 6.07) is 62.4. The Balaban J connectivity index is 0.965. The number of rotatable bonds is 13. The standard InChI is InChI=1S/C64H59N3O2/c1-40(2)54-24-13-25-55(41(3)4)62(54)48-20-9-16-44(34-48)46-18-11-22-50(36-46)68-52-28-30-58-59-31-29-53(39-61(59)67(60(58)38-52)64-65-32-15-33-66-64)69-51-23-12-19-47(37-51)45-17-10-21-49(35-45)63-56(42(5)6)26-14-27-57(63)43(7)8/h9-43H,1-8H3. The number of nitrogens with zero attached hydrogens (tertiary/aromatic N) is 3. The fourth-order valence-electron chi connectivity index (χ4n) is 9.96. The molecule has 342 valence electrons. The molecule has 10 aromatic rings. The van der Waals surface area contributed by atoms with Crippen molar-refractivity contribution in [3.8, 4) is 73.5 Å². The number of aromatic nitrogens is 3. The second-order valence-corrected chi connectivity index (χ2v) is 19.4. The third kappa shape index (κ3) is 9.05. The molecule has 0 N–H and O–H groups in total. The van der Waals surface area contributed by atoms with Gasteiger partial charge in [0, 0.05) is 35.3 Å². The molecule has 0 unspecified atom stereocenters. The normalized spacial score (nSPS) is 11.7. The number of benzene rings is 8. The van der Waals surface area contributed by atoms with Crippen molar-refractivity contribution in [1.29, 1.82) is 0 Å². The summed E-state index contributed by atoms with van der Waals surface area (Å²) in [6.45, 7) is 18.2. The van der Waals surface area contributed by atoms with Gasteiger partial charge in [-0.3, -0.25) is 4.57 Å². The molecular weight excluding hydrogens is 843 g/mol. The van der Waals surface area contributed by atoms with Crippen molar-refractivity contribution in [2.75, 3.05) is 0 Å². The monoisotopic (exact) mass is 901 g/mol. The molecule has 0 aliphatic carbocycles. The molecule has 5 nitrogen and oxygen atoms in total. The minimum atomic E-state index is 0.411. The molecule has 0 aliphatic rings. The molecule has 2 heterocycles. The zero-order valence-electron chi connectivity index (χ0n) is 40.9. The van der Waals surface area contributed by atoms with E-state index in [1.807, 2.05) is 30.3 Å². The van der Waals surface area contributed by atoms with Crippen molar-refractivity contribution >= 4 is 21.8 Å². The van der Waals surface area contributed by atoms with E-state index < -0.39 is 0 Å². The summed E-state index contributed by atoms with van der Waals surface area (Å²) in [6.07, 6.45) is 3.55. The first-order valence-corrected chi connectivity index (χ1v) is 24.4. The SMILES string of the molecule is CC(C)c1cccc(C(C)C)c1-c1cccc(-c2cccc(Oc3ccc4c5ccc(Oc6cccc(-c7cccc(-c8c(C(C)C)cccc8C(C)C)c7)c6)cc5n(-c5ncccn5)c4c3)c2)c1. The van der Waals surface area contributed by atoms with E-state index in [1.54, 1.807) is 12.4 Å². The van der Waals surface area contributed by atoms with E-state index >= 15 is 0 Å². The molecule has 69 heavy (non-hydrogen) atoms. The van der Waals surface area contributed by atoms with Gasteiger partial charge in [-0.15, -0.1) is 0 Å². The summed E-state index contributed by atoms with van der Waals surface area (Å²) in [5.41, 5.74) is 17.0. The summed E-state index contributed by atoms with van der Waals surface area (Å²) in [4.78, 5) is 9.45. The minimum absolute atomic E-state index is 0.411.